The zero-order valence-corrected chi connectivity index (χ0v) is 16.4. The van der Waals surface area contributed by atoms with Gasteiger partial charge in [-0.25, -0.2) is 4.98 Å². The van der Waals surface area contributed by atoms with Crippen molar-refractivity contribution in [2.24, 2.45) is 0 Å². The van der Waals surface area contributed by atoms with Gasteiger partial charge in [-0.15, -0.1) is 11.3 Å². The van der Waals surface area contributed by atoms with Gasteiger partial charge >= 0.3 is 0 Å². The summed E-state index contributed by atoms with van der Waals surface area (Å²) in [5, 5.41) is 2.48. The van der Waals surface area contributed by atoms with Gasteiger partial charge in [0.1, 0.15) is 11.4 Å². The highest BCUT2D eigenvalue weighted by atomic mass is 32.1. The molecule has 1 saturated heterocycles. The van der Waals surface area contributed by atoms with Crippen LogP contribution in [0.5, 0.6) is 5.75 Å². The van der Waals surface area contributed by atoms with Crippen LogP contribution in [0.15, 0.2) is 23.6 Å². The molecule has 1 amide bonds. The number of fused-ring (bicyclic) bond motifs is 2. The summed E-state index contributed by atoms with van der Waals surface area (Å²) in [4.78, 5) is 18.8. The Morgan fingerprint density at radius 3 is 2.93 bits per heavy atom. The molecule has 0 saturated carbocycles. The highest BCUT2D eigenvalue weighted by Gasteiger charge is 2.43. The standard InChI is InChI=1S/C20H25N3O3S/c1-25-16-4-2-3-14-7-12-26-20(18(14)16)8-10-23(11-9-20)17(24)6-5-15-13-27-19(21)22-15/h2-4,13H,5-12H2,1H3,(H2,21,22). The number of nitrogens with zero attached hydrogens (tertiary/aromatic N) is 2. The number of hydrogen-bond donors (Lipinski definition) is 1. The van der Waals surface area contributed by atoms with E-state index in [1.165, 1.54) is 22.5 Å². The third kappa shape index (κ3) is 3.53. The van der Waals surface area contributed by atoms with Crippen LogP contribution in [0.3, 0.4) is 0 Å². The van der Waals surface area contributed by atoms with E-state index >= 15 is 0 Å². The number of nitrogen functional groups attached to an aromatic ring is 1. The lowest BCUT2D eigenvalue weighted by atomic mass is 9.78. The molecule has 2 aliphatic heterocycles. The predicted octanol–water partition coefficient (Wildman–Crippen LogP) is 2.76. The first-order chi connectivity index (χ1) is 13.1. The van der Waals surface area contributed by atoms with Crippen molar-refractivity contribution in [1.29, 1.82) is 0 Å². The van der Waals surface area contributed by atoms with Crippen molar-refractivity contribution < 1.29 is 14.3 Å². The molecular weight excluding hydrogens is 362 g/mol. The van der Waals surface area contributed by atoms with E-state index in [1.807, 2.05) is 22.4 Å². The van der Waals surface area contributed by atoms with Gasteiger partial charge in [0, 0.05) is 30.5 Å². The Bertz CT molecular complexity index is 813. The second kappa shape index (κ2) is 7.48. The van der Waals surface area contributed by atoms with E-state index in [-0.39, 0.29) is 11.5 Å². The highest BCUT2D eigenvalue weighted by molar-refractivity contribution is 7.13. The average molecular weight is 388 g/mol. The van der Waals surface area contributed by atoms with Crippen LogP contribution in [-0.4, -0.2) is 42.6 Å². The van der Waals surface area contributed by atoms with E-state index in [9.17, 15) is 4.79 Å². The number of aryl methyl sites for hydroxylation is 1. The smallest absolute Gasteiger partial charge is 0.222 e. The predicted molar refractivity (Wildman–Crippen MR) is 105 cm³/mol. The molecule has 0 unspecified atom stereocenters. The van der Waals surface area contributed by atoms with Gasteiger partial charge < -0.3 is 20.1 Å². The number of rotatable bonds is 4. The molecule has 6 nitrogen and oxygen atoms in total. The minimum absolute atomic E-state index is 0.174. The summed E-state index contributed by atoms with van der Waals surface area (Å²) < 4.78 is 11.9. The van der Waals surface area contributed by atoms with E-state index in [4.69, 9.17) is 15.2 Å². The van der Waals surface area contributed by atoms with Crippen molar-refractivity contribution in [3.8, 4) is 5.75 Å². The van der Waals surface area contributed by atoms with Crippen molar-refractivity contribution in [2.75, 3.05) is 32.5 Å². The summed E-state index contributed by atoms with van der Waals surface area (Å²) in [6, 6.07) is 6.21. The number of thiazole rings is 1. The Kier molecular flexibility index (Phi) is 5.06. The maximum absolute atomic E-state index is 12.6. The summed E-state index contributed by atoms with van der Waals surface area (Å²) in [6.45, 7) is 2.13. The molecule has 2 aromatic rings. The molecule has 27 heavy (non-hydrogen) atoms. The molecule has 1 aromatic heterocycles. The zero-order valence-electron chi connectivity index (χ0n) is 15.6. The molecule has 144 valence electrons. The number of nitrogens with two attached hydrogens (primary N) is 1. The first kappa shape index (κ1) is 18.3. The first-order valence-corrected chi connectivity index (χ1v) is 10.3. The Hall–Kier alpha value is -2.12. The van der Waals surface area contributed by atoms with Crippen molar-refractivity contribution in [3.63, 3.8) is 0 Å². The quantitative estimate of drug-likeness (QED) is 0.873. The van der Waals surface area contributed by atoms with Crippen LogP contribution in [0, 0.1) is 0 Å². The Labute approximate surface area is 163 Å². The number of piperidine rings is 1. The van der Waals surface area contributed by atoms with Gasteiger partial charge in [-0.3, -0.25) is 4.79 Å². The number of benzene rings is 1. The fourth-order valence-electron chi connectivity index (χ4n) is 4.24. The highest BCUT2D eigenvalue weighted by Crippen LogP contribution is 2.45. The number of carbonyl (C=O) groups excluding carboxylic acids is 1. The van der Waals surface area contributed by atoms with Crippen molar-refractivity contribution >= 4 is 22.4 Å². The largest absolute Gasteiger partial charge is 0.496 e. The number of hydrogen-bond acceptors (Lipinski definition) is 6. The normalized spacial score (nSPS) is 18.3. The van der Waals surface area contributed by atoms with Gasteiger partial charge in [0.25, 0.3) is 0 Å². The monoisotopic (exact) mass is 387 g/mol. The summed E-state index contributed by atoms with van der Waals surface area (Å²) in [6.07, 6.45) is 3.62. The fourth-order valence-corrected chi connectivity index (χ4v) is 4.84. The first-order valence-electron chi connectivity index (χ1n) is 9.39. The molecule has 2 aliphatic rings. The lowest BCUT2D eigenvalue weighted by Crippen LogP contribution is -2.48. The van der Waals surface area contributed by atoms with Gasteiger partial charge in [0.15, 0.2) is 5.13 Å². The summed E-state index contributed by atoms with van der Waals surface area (Å²) in [5.41, 5.74) is 8.71. The molecular formula is C20H25N3O3S. The third-order valence-electron chi connectivity index (χ3n) is 5.63. The van der Waals surface area contributed by atoms with Gasteiger partial charge in [0.2, 0.25) is 5.91 Å². The summed E-state index contributed by atoms with van der Waals surface area (Å²) in [7, 11) is 1.71. The van der Waals surface area contributed by atoms with E-state index in [2.05, 4.69) is 11.1 Å². The molecule has 0 bridgehead atoms. The van der Waals surface area contributed by atoms with Crippen molar-refractivity contribution in [1.82, 2.24) is 9.88 Å². The molecule has 3 heterocycles. The number of carbonyl (C=O) groups is 1. The van der Waals surface area contributed by atoms with E-state index in [0.717, 1.165) is 37.3 Å². The summed E-state index contributed by atoms with van der Waals surface area (Å²) in [5.74, 6) is 1.07. The number of anilines is 1. The molecule has 2 N–H and O–H groups in total. The fraction of sp³-hybridized carbons (Fsp3) is 0.500. The number of aromatic nitrogens is 1. The molecule has 0 aliphatic carbocycles. The zero-order chi connectivity index (χ0) is 18.9. The molecule has 1 spiro atoms. The topological polar surface area (TPSA) is 77.7 Å². The van der Waals surface area contributed by atoms with Crippen molar-refractivity contribution in [2.45, 2.75) is 37.7 Å². The van der Waals surface area contributed by atoms with Crippen LogP contribution >= 0.6 is 11.3 Å². The molecule has 4 rings (SSSR count). The minimum atomic E-state index is -0.333. The van der Waals surface area contributed by atoms with E-state index in [0.29, 0.717) is 31.1 Å². The molecule has 0 radical (unpaired) electrons. The van der Waals surface area contributed by atoms with Crippen molar-refractivity contribution in [3.05, 3.63) is 40.4 Å². The van der Waals surface area contributed by atoms with Crippen LogP contribution in [0.25, 0.3) is 0 Å². The molecule has 1 fully saturated rings. The van der Waals surface area contributed by atoms with Crippen LogP contribution in [0.2, 0.25) is 0 Å². The molecule has 1 aromatic carbocycles. The van der Waals surface area contributed by atoms with E-state index in [1.54, 1.807) is 7.11 Å². The lowest BCUT2D eigenvalue weighted by molar-refractivity contribution is -0.140. The van der Waals surface area contributed by atoms with Gasteiger partial charge in [-0.05, 0) is 37.3 Å². The maximum Gasteiger partial charge on any atom is 0.222 e. The number of methoxy groups -OCH3 is 1. The summed E-state index contributed by atoms with van der Waals surface area (Å²) >= 11 is 1.42. The van der Waals surface area contributed by atoms with Crippen LogP contribution in [0.4, 0.5) is 5.13 Å². The SMILES string of the molecule is COc1cccc2c1C1(CCN(C(=O)CCc3csc(N)n3)CC1)OCC2. The number of amides is 1. The third-order valence-corrected chi connectivity index (χ3v) is 6.35. The Morgan fingerprint density at radius 2 is 2.22 bits per heavy atom. The van der Waals surface area contributed by atoms with Gasteiger partial charge in [0.05, 0.1) is 19.4 Å². The second-order valence-corrected chi connectivity index (χ2v) is 8.03. The number of ether oxygens (including phenoxy) is 2. The molecule has 0 atom stereocenters. The van der Waals surface area contributed by atoms with Crippen LogP contribution in [-0.2, 0) is 28.0 Å². The van der Waals surface area contributed by atoms with E-state index < -0.39 is 0 Å². The van der Waals surface area contributed by atoms with Gasteiger partial charge in [-0.1, -0.05) is 12.1 Å². The maximum atomic E-state index is 12.6. The Morgan fingerprint density at radius 1 is 1.41 bits per heavy atom. The minimum Gasteiger partial charge on any atom is -0.496 e. The number of likely N-dealkylation sites (tertiary alicyclic amines) is 1. The average Bonchev–Trinajstić information content (AvgIpc) is 3.12. The van der Waals surface area contributed by atoms with Gasteiger partial charge in [-0.2, -0.15) is 0 Å². The van der Waals surface area contributed by atoms with Crippen LogP contribution in [0.1, 0.15) is 36.1 Å². The van der Waals surface area contributed by atoms with Crippen LogP contribution < -0.4 is 10.5 Å². The molecule has 7 heteroatoms. The second-order valence-electron chi connectivity index (χ2n) is 7.15. The Balaban J connectivity index is 1.43. The lowest BCUT2D eigenvalue weighted by Gasteiger charge is -2.45.